The second-order valence-electron chi connectivity index (χ2n) is 1.46. The van der Waals surface area contributed by atoms with E-state index in [0.29, 0.717) is 8.39 Å². The van der Waals surface area contributed by atoms with Crippen LogP contribution in [0.25, 0.3) is 0 Å². The zero-order chi connectivity index (χ0) is 13.6. The standard InChI is InChI=1S/C6H7Br2NS/c1-3(2)6-9-4(7)5(8)10-6/h3H,1-2H3/i1D3,2D3,3D. The lowest BCUT2D eigenvalue weighted by Crippen LogP contribution is -1.82. The van der Waals surface area contributed by atoms with Gasteiger partial charge in [0, 0.05) is 15.5 Å². The lowest BCUT2D eigenvalue weighted by atomic mass is 10.2. The van der Waals surface area contributed by atoms with Gasteiger partial charge in [-0.2, -0.15) is 0 Å². The third-order valence-electron chi connectivity index (χ3n) is 0.762. The molecule has 0 aliphatic carbocycles. The Balaban J connectivity index is 3.46. The largest absolute Gasteiger partial charge is 0.233 e. The quantitative estimate of drug-likeness (QED) is 0.767. The minimum absolute atomic E-state index is 0.267. The van der Waals surface area contributed by atoms with Crippen molar-refractivity contribution in [2.24, 2.45) is 0 Å². The first-order chi connectivity index (χ1) is 7.41. The summed E-state index contributed by atoms with van der Waals surface area (Å²) >= 11 is 6.97. The van der Waals surface area contributed by atoms with Crippen molar-refractivity contribution in [3.8, 4) is 0 Å². The Morgan fingerprint density at radius 3 is 2.80 bits per heavy atom. The van der Waals surface area contributed by atoms with E-state index in [0.717, 1.165) is 11.3 Å². The summed E-state index contributed by atoms with van der Waals surface area (Å²) in [4.78, 5) is 3.80. The molecule has 0 saturated carbocycles. The SMILES string of the molecule is [2H]C([2H])([2H])C([2H])(c1nc(Br)c(Br)s1)C([2H])([2H])[2H]. The van der Waals surface area contributed by atoms with Crippen LogP contribution in [0.4, 0.5) is 0 Å². The zero-order valence-corrected chi connectivity index (χ0v) is 8.60. The van der Waals surface area contributed by atoms with Crippen molar-refractivity contribution < 1.29 is 9.60 Å². The predicted molar refractivity (Wildman–Crippen MR) is 51.6 cm³/mol. The van der Waals surface area contributed by atoms with Gasteiger partial charge in [-0.3, -0.25) is 0 Å². The summed E-state index contributed by atoms with van der Waals surface area (Å²) in [6, 6.07) is 0. The molecule has 4 heteroatoms. The lowest BCUT2D eigenvalue weighted by Gasteiger charge is -1.94. The van der Waals surface area contributed by atoms with Crippen molar-refractivity contribution in [1.82, 2.24) is 4.98 Å². The first-order valence-corrected chi connectivity index (χ1v) is 4.64. The van der Waals surface area contributed by atoms with Gasteiger partial charge in [0.1, 0.15) is 8.39 Å². The summed E-state index contributed by atoms with van der Waals surface area (Å²) < 4.78 is 52.3. The molecule has 1 aromatic heterocycles. The molecule has 0 spiro atoms. The fraction of sp³-hybridized carbons (Fsp3) is 0.500. The predicted octanol–water partition coefficient (Wildman–Crippen LogP) is 3.79. The average Bonchev–Trinajstić information content (AvgIpc) is 2.41. The van der Waals surface area contributed by atoms with Crippen molar-refractivity contribution >= 4 is 43.2 Å². The molecule has 10 heavy (non-hydrogen) atoms. The normalized spacial score (nSPS) is 24.8. The Morgan fingerprint density at radius 1 is 1.70 bits per heavy atom. The van der Waals surface area contributed by atoms with E-state index >= 15 is 0 Å². The molecular weight excluding hydrogens is 278 g/mol. The highest BCUT2D eigenvalue weighted by atomic mass is 79.9. The minimum atomic E-state index is -2.99. The maximum Gasteiger partial charge on any atom is 0.131 e. The Bertz CT molecular complexity index is 389. The monoisotopic (exact) mass is 290 g/mol. The molecule has 0 saturated heterocycles. The van der Waals surface area contributed by atoms with Gasteiger partial charge in [-0.15, -0.1) is 11.3 Å². The molecule has 1 heterocycles. The number of thiazole rings is 1. The fourth-order valence-electron chi connectivity index (χ4n) is 0.390. The Morgan fingerprint density at radius 2 is 2.40 bits per heavy atom. The van der Waals surface area contributed by atoms with Crippen LogP contribution >= 0.6 is 43.2 Å². The van der Waals surface area contributed by atoms with E-state index in [2.05, 4.69) is 36.8 Å². The van der Waals surface area contributed by atoms with Gasteiger partial charge < -0.3 is 0 Å². The van der Waals surface area contributed by atoms with Crippen LogP contribution in [-0.2, 0) is 0 Å². The van der Waals surface area contributed by atoms with E-state index in [1.54, 1.807) is 0 Å². The molecule has 0 aromatic carbocycles. The van der Waals surface area contributed by atoms with Gasteiger partial charge in [0.05, 0.1) is 5.01 Å². The highest BCUT2D eigenvalue weighted by Gasteiger charge is 2.08. The molecule has 56 valence electrons. The van der Waals surface area contributed by atoms with E-state index in [-0.39, 0.29) is 5.01 Å². The van der Waals surface area contributed by atoms with Crippen LogP contribution in [0.2, 0.25) is 0 Å². The van der Waals surface area contributed by atoms with Crippen LogP contribution in [0.1, 0.15) is 34.2 Å². The molecule has 1 nitrogen and oxygen atoms in total. The van der Waals surface area contributed by atoms with Crippen molar-refractivity contribution in [3.63, 3.8) is 0 Å². The van der Waals surface area contributed by atoms with Gasteiger partial charge in [0.2, 0.25) is 0 Å². The van der Waals surface area contributed by atoms with Gasteiger partial charge in [-0.1, -0.05) is 13.7 Å². The molecule has 0 aliphatic rings. The molecule has 0 radical (unpaired) electrons. The second kappa shape index (κ2) is 3.32. The maximum atomic E-state index is 7.86. The summed E-state index contributed by atoms with van der Waals surface area (Å²) in [7, 11) is 0. The first kappa shape index (κ1) is 3.15. The van der Waals surface area contributed by atoms with Crippen LogP contribution in [0.3, 0.4) is 0 Å². The fourth-order valence-corrected chi connectivity index (χ4v) is 2.01. The van der Waals surface area contributed by atoms with Crippen molar-refractivity contribution in [1.29, 1.82) is 0 Å². The topological polar surface area (TPSA) is 12.9 Å². The second-order valence-corrected chi connectivity index (χ2v) is 4.53. The summed E-state index contributed by atoms with van der Waals surface area (Å²) in [5.74, 6) is -2.72. The minimum Gasteiger partial charge on any atom is -0.233 e. The highest BCUT2D eigenvalue weighted by Crippen LogP contribution is 2.32. The van der Waals surface area contributed by atoms with Crippen molar-refractivity contribution in [2.75, 3.05) is 0 Å². The van der Waals surface area contributed by atoms with Crippen LogP contribution in [-0.4, -0.2) is 4.98 Å². The Hall–Kier alpha value is 0.590. The number of aromatic nitrogens is 1. The van der Waals surface area contributed by atoms with E-state index in [1.807, 2.05) is 0 Å². The molecule has 0 bridgehead atoms. The summed E-state index contributed by atoms with van der Waals surface area (Å²) in [6.45, 7) is -5.98. The van der Waals surface area contributed by atoms with Gasteiger partial charge in [0.15, 0.2) is 0 Å². The van der Waals surface area contributed by atoms with Crippen LogP contribution in [0.15, 0.2) is 8.39 Å². The molecular formula is C6H7Br2NS. The van der Waals surface area contributed by atoms with Gasteiger partial charge in [-0.25, -0.2) is 4.98 Å². The lowest BCUT2D eigenvalue weighted by molar-refractivity contribution is 0.849. The number of hydrogen-bond donors (Lipinski definition) is 0. The van der Waals surface area contributed by atoms with Crippen molar-refractivity contribution in [2.45, 2.75) is 19.6 Å². The summed E-state index contributed by atoms with van der Waals surface area (Å²) in [5, 5.41) is -0.267. The molecule has 0 unspecified atom stereocenters. The first-order valence-electron chi connectivity index (χ1n) is 5.73. The molecule has 0 atom stereocenters. The number of rotatable bonds is 1. The zero-order valence-electron chi connectivity index (χ0n) is 11.6. The van der Waals surface area contributed by atoms with E-state index in [1.165, 1.54) is 0 Å². The molecule has 0 aliphatic heterocycles. The number of halogens is 2. The highest BCUT2D eigenvalue weighted by molar-refractivity contribution is 9.13. The molecule has 0 N–H and O–H groups in total. The van der Waals surface area contributed by atoms with Gasteiger partial charge >= 0.3 is 0 Å². The smallest absolute Gasteiger partial charge is 0.131 e. The van der Waals surface area contributed by atoms with Gasteiger partial charge in [0.25, 0.3) is 0 Å². The molecule has 1 rings (SSSR count). The molecule has 0 amide bonds. The van der Waals surface area contributed by atoms with E-state index < -0.39 is 19.6 Å². The molecule has 1 aromatic rings. The maximum absolute atomic E-state index is 7.86. The van der Waals surface area contributed by atoms with Crippen LogP contribution in [0.5, 0.6) is 0 Å². The third-order valence-corrected chi connectivity index (χ3v) is 3.85. The Labute approximate surface area is 91.0 Å². The third kappa shape index (κ3) is 1.80. The Kier molecular flexibility index (Phi) is 1.05. The van der Waals surface area contributed by atoms with E-state index in [4.69, 9.17) is 9.60 Å². The van der Waals surface area contributed by atoms with Crippen molar-refractivity contribution in [3.05, 3.63) is 13.4 Å². The number of hydrogen-bond acceptors (Lipinski definition) is 2. The van der Waals surface area contributed by atoms with Crippen LogP contribution in [0, 0.1) is 0 Å². The summed E-state index contributed by atoms with van der Waals surface area (Å²) in [5.41, 5.74) is 0. The van der Waals surface area contributed by atoms with Crippen LogP contribution < -0.4 is 0 Å². The summed E-state index contributed by atoms with van der Waals surface area (Å²) in [6.07, 6.45) is 0. The average molecular weight is 292 g/mol. The molecule has 0 fully saturated rings. The van der Waals surface area contributed by atoms with Gasteiger partial charge in [-0.05, 0) is 31.9 Å². The number of nitrogens with zero attached hydrogens (tertiary/aromatic N) is 1. The van der Waals surface area contributed by atoms with E-state index in [9.17, 15) is 0 Å².